The summed E-state index contributed by atoms with van der Waals surface area (Å²) in [5.74, 6) is -2.13. The van der Waals surface area contributed by atoms with Crippen LogP contribution in [0.1, 0.15) is 40.0 Å². The van der Waals surface area contributed by atoms with Gasteiger partial charge in [-0.15, -0.1) is 0 Å². The normalized spacial score (nSPS) is 19.2. The lowest BCUT2D eigenvalue weighted by Crippen LogP contribution is -2.54. The maximum atomic E-state index is 12.8. The highest BCUT2D eigenvalue weighted by Crippen LogP contribution is 2.32. The average molecular weight is 358 g/mol. The first kappa shape index (κ1) is 17.6. The van der Waals surface area contributed by atoms with Crippen molar-refractivity contribution < 1.29 is 24.0 Å². The minimum Gasteiger partial charge on any atom is -0.384 e. The second kappa shape index (κ2) is 7.34. The Morgan fingerprint density at radius 2 is 1.96 bits per heavy atom. The molecule has 1 aromatic carbocycles. The number of carbonyl (C=O) groups excluding carboxylic acids is 5. The lowest BCUT2D eigenvalue weighted by molar-refractivity contribution is -0.136. The Bertz CT molecular complexity index is 791. The summed E-state index contributed by atoms with van der Waals surface area (Å²) in [7, 11) is 0. The van der Waals surface area contributed by atoms with Crippen LogP contribution in [0.3, 0.4) is 0 Å². The minimum atomic E-state index is -0.982. The van der Waals surface area contributed by atoms with Gasteiger partial charge in [-0.1, -0.05) is 6.07 Å². The molecule has 3 N–H and O–H groups in total. The Morgan fingerprint density at radius 3 is 2.69 bits per heavy atom. The zero-order valence-corrected chi connectivity index (χ0v) is 13.9. The predicted octanol–water partition coefficient (Wildman–Crippen LogP) is -0.364. The standard InChI is InChI=1S/C17H18N4O5/c22-9-18-7-2-8-19-11-4-1-3-10-14(11)17(26)21(16(10)25)12-5-6-13(23)20-15(12)24/h1,3-4,9,12,19H,2,5-8H2,(H,18,22)(H,20,23,24). The lowest BCUT2D eigenvalue weighted by atomic mass is 10.0. The number of rotatable bonds is 7. The number of benzene rings is 1. The lowest BCUT2D eigenvalue weighted by Gasteiger charge is -2.27. The van der Waals surface area contributed by atoms with Gasteiger partial charge in [-0.2, -0.15) is 0 Å². The molecule has 136 valence electrons. The molecule has 1 aromatic rings. The Morgan fingerprint density at radius 1 is 1.15 bits per heavy atom. The third kappa shape index (κ3) is 3.15. The van der Waals surface area contributed by atoms with Crippen molar-refractivity contribution in [3.63, 3.8) is 0 Å². The van der Waals surface area contributed by atoms with Crippen molar-refractivity contribution in [3.8, 4) is 0 Å². The summed E-state index contributed by atoms with van der Waals surface area (Å²) in [4.78, 5) is 60.0. The van der Waals surface area contributed by atoms with Crippen molar-refractivity contribution in [1.29, 1.82) is 0 Å². The van der Waals surface area contributed by atoms with Gasteiger partial charge >= 0.3 is 0 Å². The quantitative estimate of drug-likeness (QED) is 0.347. The van der Waals surface area contributed by atoms with Gasteiger partial charge in [-0.3, -0.25) is 34.2 Å². The zero-order chi connectivity index (χ0) is 18.7. The van der Waals surface area contributed by atoms with Crippen molar-refractivity contribution in [2.45, 2.75) is 25.3 Å². The summed E-state index contributed by atoms with van der Waals surface area (Å²) in [6.07, 6.45) is 1.45. The number of piperidine rings is 1. The second-order valence-electron chi connectivity index (χ2n) is 6.03. The molecule has 9 heteroatoms. The van der Waals surface area contributed by atoms with Crippen LogP contribution in [0, 0.1) is 0 Å². The van der Waals surface area contributed by atoms with Crippen LogP contribution in [0.5, 0.6) is 0 Å². The van der Waals surface area contributed by atoms with E-state index in [0.29, 0.717) is 31.6 Å². The molecule has 0 bridgehead atoms. The third-order valence-corrected chi connectivity index (χ3v) is 4.36. The summed E-state index contributed by atoms with van der Waals surface area (Å²) >= 11 is 0. The maximum Gasteiger partial charge on any atom is 0.264 e. The largest absolute Gasteiger partial charge is 0.384 e. The number of hydrogen-bond acceptors (Lipinski definition) is 6. The Balaban J connectivity index is 1.79. The first-order valence-corrected chi connectivity index (χ1v) is 8.30. The summed E-state index contributed by atoms with van der Waals surface area (Å²) in [5, 5.41) is 7.79. The highest BCUT2D eigenvalue weighted by Gasteiger charge is 2.45. The van der Waals surface area contributed by atoms with Gasteiger partial charge in [0.15, 0.2) is 0 Å². The molecule has 0 aliphatic carbocycles. The monoisotopic (exact) mass is 358 g/mol. The van der Waals surface area contributed by atoms with Gasteiger partial charge in [0.25, 0.3) is 11.8 Å². The van der Waals surface area contributed by atoms with Crippen LogP contribution in [0.15, 0.2) is 18.2 Å². The molecule has 1 fully saturated rings. The number of fused-ring (bicyclic) bond motifs is 1. The molecule has 1 atom stereocenters. The Hall–Kier alpha value is -3.23. The van der Waals surface area contributed by atoms with Gasteiger partial charge in [0, 0.05) is 25.2 Å². The summed E-state index contributed by atoms with van der Waals surface area (Å²) in [5.41, 5.74) is 0.961. The zero-order valence-electron chi connectivity index (χ0n) is 13.9. The number of hydrogen-bond donors (Lipinski definition) is 3. The van der Waals surface area contributed by atoms with Crippen molar-refractivity contribution in [3.05, 3.63) is 29.3 Å². The smallest absolute Gasteiger partial charge is 0.264 e. The molecule has 0 radical (unpaired) electrons. The molecule has 0 saturated carbocycles. The Kier molecular flexibility index (Phi) is 4.97. The van der Waals surface area contributed by atoms with E-state index in [1.165, 1.54) is 0 Å². The van der Waals surface area contributed by atoms with Crippen LogP contribution in [0.2, 0.25) is 0 Å². The molecule has 1 saturated heterocycles. The molecule has 2 aliphatic rings. The minimum absolute atomic E-state index is 0.0820. The average Bonchev–Trinajstić information content (AvgIpc) is 2.87. The third-order valence-electron chi connectivity index (χ3n) is 4.36. The summed E-state index contributed by atoms with van der Waals surface area (Å²) < 4.78 is 0. The number of carbonyl (C=O) groups is 5. The van der Waals surface area contributed by atoms with Crippen molar-refractivity contribution >= 4 is 35.7 Å². The summed E-state index contributed by atoms with van der Waals surface area (Å²) in [6, 6.07) is 3.90. The van der Waals surface area contributed by atoms with Crippen LogP contribution in [-0.4, -0.2) is 54.1 Å². The topological polar surface area (TPSA) is 125 Å². The molecular weight excluding hydrogens is 340 g/mol. The molecule has 3 rings (SSSR count). The van der Waals surface area contributed by atoms with Crippen LogP contribution >= 0.6 is 0 Å². The highest BCUT2D eigenvalue weighted by atomic mass is 16.2. The molecule has 1 unspecified atom stereocenters. The van der Waals surface area contributed by atoms with Crippen LogP contribution < -0.4 is 16.0 Å². The van der Waals surface area contributed by atoms with Gasteiger partial charge in [0.2, 0.25) is 18.2 Å². The van der Waals surface area contributed by atoms with Crippen molar-refractivity contribution in [2.75, 3.05) is 18.4 Å². The highest BCUT2D eigenvalue weighted by molar-refractivity contribution is 6.25. The number of amides is 5. The van der Waals surface area contributed by atoms with Gasteiger partial charge < -0.3 is 10.6 Å². The molecule has 26 heavy (non-hydrogen) atoms. The van der Waals surface area contributed by atoms with E-state index in [2.05, 4.69) is 16.0 Å². The predicted molar refractivity (Wildman–Crippen MR) is 90.3 cm³/mol. The van der Waals surface area contributed by atoms with Gasteiger partial charge in [-0.05, 0) is 25.0 Å². The van der Waals surface area contributed by atoms with E-state index in [0.717, 1.165) is 4.90 Å². The summed E-state index contributed by atoms with van der Waals surface area (Å²) in [6.45, 7) is 0.984. The molecule has 2 aliphatic heterocycles. The van der Waals surface area contributed by atoms with E-state index in [1.807, 2.05) is 0 Å². The second-order valence-corrected chi connectivity index (χ2v) is 6.03. The van der Waals surface area contributed by atoms with E-state index < -0.39 is 29.7 Å². The first-order valence-electron chi connectivity index (χ1n) is 8.30. The van der Waals surface area contributed by atoms with Crippen LogP contribution in [0.25, 0.3) is 0 Å². The molecule has 0 spiro atoms. The fourth-order valence-corrected chi connectivity index (χ4v) is 3.13. The Labute approximate surface area is 149 Å². The van der Waals surface area contributed by atoms with E-state index >= 15 is 0 Å². The van der Waals surface area contributed by atoms with E-state index in [1.54, 1.807) is 18.2 Å². The molecule has 2 heterocycles. The number of nitrogens with one attached hydrogen (secondary N) is 3. The number of nitrogens with zero attached hydrogens (tertiary/aromatic N) is 1. The van der Waals surface area contributed by atoms with Gasteiger partial charge in [-0.25, -0.2) is 0 Å². The fraction of sp³-hybridized carbons (Fsp3) is 0.353. The van der Waals surface area contributed by atoms with Crippen molar-refractivity contribution in [2.24, 2.45) is 0 Å². The van der Waals surface area contributed by atoms with E-state index in [-0.39, 0.29) is 24.0 Å². The van der Waals surface area contributed by atoms with Crippen molar-refractivity contribution in [1.82, 2.24) is 15.5 Å². The fourth-order valence-electron chi connectivity index (χ4n) is 3.13. The molecule has 9 nitrogen and oxygen atoms in total. The first-order chi connectivity index (χ1) is 12.5. The van der Waals surface area contributed by atoms with E-state index in [4.69, 9.17) is 0 Å². The van der Waals surface area contributed by atoms with E-state index in [9.17, 15) is 24.0 Å². The number of anilines is 1. The molecular formula is C17H18N4O5. The SMILES string of the molecule is O=CNCCCNc1cccc2c1C(=O)N(C1CCC(=O)NC1=O)C2=O. The molecule has 0 aromatic heterocycles. The van der Waals surface area contributed by atoms with Gasteiger partial charge in [0.1, 0.15) is 6.04 Å². The van der Waals surface area contributed by atoms with Crippen LogP contribution in [-0.2, 0) is 14.4 Å². The van der Waals surface area contributed by atoms with Gasteiger partial charge in [0.05, 0.1) is 11.1 Å². The number of imide groups is 2. The maximum absolute atomic E-state index is 12.8. The van der Waals surface area contributed by atoms with Crippen LogP contribution in [0.4, 0.5) is 5.69 Å². The molecule has 5 amide bonds.